The molecule has 28 heteroatoms. The van der Waals surface area contributed by atoms with E-state index in [1.54, 1.807) is 0 Å². The van der Waals surface area contributed by atoms with Crippen LogP contribution in [0, 0.1) is 0 Å². The van der Waals surface area contributed by atoms with E-state index in [9.17, 15) is 68.7 Å². The van der Waals surface area contributed by atoms with E-state index in [0.717, 1.165) is 48.5 Å². The minimum absolute atomic E-state index is 0. The largest absolute Gasteiger partial charge is 1.00 e. The summed E-state index contributed by atoms with van der Waals surface area (Å²) in [6, 6.07) is 19.3. The molecule has 0 atom stereocenters. The monoisotopic (exact) mass is 972 g/mol. The first-order valence-corrected chi connectivity index (χ1v) is 23.6. The van der Waals surface area contributed by atoms with Crippen molar-refractivity contribution in [1.29, 1.82) is 0 Å². The van der Waals surface area contributed by atoms with E-state index in [0.29, 0.717) is 23.3 Å². The maximum Gasteiger partial charge on any atom is 1.00 e. The fourth-order valence-corrected chi connectivity index (χ4v) is 10.3. The van der Waals surface area contributed by atoms with E-state index in [1.165, 1.54) is 48.5 Å². The maximum atomic E-state index is 13.2. The van der Waals surface area contributed by atoms with Gasteiger partial charge in [0.25, 0.3) is 20.0 Å². The smallest absolute Gasteiger partial charge is 0.744 e. The molecule has 0 aliphatic heterocycles. The summed E-state index contributed by atoms with van der Waals surface area (Å²) >= 11 is 0. The molecule has 0 fully saturated rings. The fraction of sp³-hybridized carbons (Fsp3) is 0. The molecular weight excluding hydrogens is 953 g/mol. The first-order valence-electron chi connectivity index (χ1n) is 15.0. The molecule has 0 aliphatic carbocycles. The molecule has 0 saturated heterocycles. The Bertz CT molecular complexity index is 3100. The topological polar surface area (TPSA) is 321 Å². The number of fused-ring (bicyclic) bond motifs is 2. The Morgan fingerprint density at radius 3 is 0.900 bits per heavy atom. The zero-order valence-corrected chi connectivity index (χ0v) is 44.3. The number of benzene rings is 6. The van der Waals surface area contributed by atoms with Crippen LogP contribution in [0.4, 0.5) is 11.4 Å². The summed E-state index contributed by atoms with van der Waals surface area (Å²) in [5, 5.41) is -0.980. The number of nitrogens with one attached hydrogen (secondary N) is 2. The quantitative estimate of drug-likeness (QED) is 0.0900. The second-order valence-electron chi connectivity index (χ2n) is 11.8. The first-order chi connectivity index (χ1) is 25.7. The normalized spacial score (nSPS) is 12.3. The van der Waals surface area contributed by atoms with Gasteiger partial charge in [-0.15, -0.1) is 0 Å². The Morgan fingerprint density at radius 1 is 0.333 bits per heavy atom. The van der Waals surface area contributed by atoms with Crippen LogP contribution in [0.25, 0.3) is 32.7 Å². The van der Waals surface area contributed by atoms with Crippen molar-refractivity contribution >= 4 is 93.4 Å². The van der Waals surface area contributed by atoms with Gasteiger partial charge in [0.15, 0.2) is 0 Å². The Hall–Kier alpha value is -1.02. The van der Waals surface area contributed by atoms with Gasteiger partial charge in [0.2, 0.25) is 0 Å². The van der Waals surface area contributed by atoms with Crippen molar-refractivity contribution in [1.82, 2.24) is 0 Å². The number of rotatable bonds is 11. The third kappa shape index (κ3) is 12.6. The van der Waals surface area contributed by atoms with Crippen molar-refractivity contribution in [2.75, 3.05) is 9.44 Å². The molecule has 0 unspecified atom stereocenters. The van der Waals surface area contributed by atoms with Gasteiger partial charge in [-0.2, -0.15) is 0 Å². The van der Waals surface area contributed by atoms with E-state index in [4.69, 9.17) is 0 Å². The molecule has 6 aromatic carbocycles. The SMILES string of the molecule is O=S(=O)([O-])c1cc(S(=O)(=O)[O-])c2cc(NS(=O)(=O)c3ccc(-c4ccc(S(=O)(=O)Nc5ccc6cc(S(=O)(=O)[O-])cc(S(=O)(=O)[O-])c6c5)cc4)cc3)ccc2c1.[Na+].[Na+].[Na+].[Na+]. The Labute approximate surface area is 433 Å². The Balaban J connectivity index is 0.00000310. The average molecular weight is 973 g/mol. The van der Waals surface area contributed by atoms with Gasteiger partial charge in [0, 0.05) is 22.1 Å². The number of sulfonamides is 2. The standard InChI is InChI=1S/C32H24N2O16S6.4Na/c35-51(36,33-23-7-1-21-13-27(53(39,40)41)17-31(29(21)15-23)55(45,46)47)25-9-3-19(4-10-25)20-5-11-26(12-6-20)52(37,38)34-24-8-2-22-14-28(54(42,43)44)18-32(30(22)16-24)56(48,49)50;;;;/h1-18,33-34H,(H,39,40,41)(H,42,43,44)(H,45,46,47)(H,48,49,50);;;;/q;4*+1/p-4. The van der Waals surface area contributed by atoms with Gasteiger partial charge in [-0.05, 0) is 94.7 Å². The van der Waals surface area contributed by atoms with Crippen LogP contribution in [0.3, 0.4) is 0 Å². The van der Waals surface area contributed by atoms with Crippen LogP contribution in [0.5, 0.6) is 0 Å². The molecule has 2 N–H and O–H groups in total. The minimum Gasteiger partial charge on any atom is -0.744 e. The summed E-state index contributed by atoms with van der Waals surface area (Å²) in [6.07, 6.45) is 0. The zero-order valence-electron chi connectivity index (χ0n) is 31.4. The van der Waals surface area contributed by atoms with Crippen LogP contribution in [0.15, 0.2) is 139 Å². The average Bonchev–Trinajstić information content (AvgIpc) is 3.09. The zero-order chi connectivity index (χ0) is 41.2. The molecule has 18 nitrogen and oxygen atoms in total. The molecule has 6 rings (SSSR count). The number of hydrogen-bond donors (Lipinski definition) is 2. The molecule has 294 valence electrons. The van der Waals surface area contributed by atoms with E-state index in [-0.39, 0.29) is 161 Å². The van der Waals surface area contributed by atoms with Gasteiger partial charge in [-0.25, -0.2) is 50.5 Å². The fourth-order valence-electron chi connectivity index (χ4n) is 5.51. The summed E-state index contributed by atoms with van der Waals surface area (Å²) in [5.41, 5.74) is 0.443. The Morgan fingerprint density at radius 2 is 0.633 bits per heavy atom. The Kier molecular flexibility index (Phi) is 18.4. The van der Waals surface area contributed by atoms with Crippen LogP contribution in [0.2, 0.25) is 0 Å². The molecule has 6 aromatic rings. The second-order valence-corrected chi connectivity index (χ2v) is 20.6. The summed E-state index contributed by atoms with van der Waals surface area (Å²) in [5.74, 6) is 0. The number of anilines is 2. The molecule has 0 radical (unpaired) electrons. The molecule has 0 heterocycles. The molecular formula is C32H20N2Na4O16S6. The maximum absolute atomic E-state index is 13.2. The van der Waals surface area contributed by atoms with E-state index in [2.05, 4.69) is 9.44 Å². The third-order valence-corrected chi connectivity index (χ3v) is 14.2. The second kappa shape index (κ2) is 20.0. The van der Waals surface area contributed by atoms with Gasteiger partial charge in [0.05, 0.1) is 29.4 Å². The van der Waals surface area contributed by atoms with Crippen molar-refractivity contribution in [3.8, 4) is 11.1 Å². The van der Waals surface area contributed by atoms with Crippen LogP contribution in [-0.4, -0.2) is 68.7 Å². The van der Waals surface area contributed by atoms with Crippen molar-refractivity contribution in [2.45, 2.75) is 29.4 Å². The summed E-state index contributed by atoms with van der Waals surface area (Å²) in [4.78, 5) is -4.60. The van der Waals surface area contributed by atoms with Gasteiger partial charge in [0.1, 0.15) is 40.5 Å². The van der Waals surface area contributed by atoms with Crippen LogP contribution in [-0.2, 0) is 60.5 Å². The van der Waals surface area contributed by atoms with Crippen LogP contribution < -0.4 is 128 Å². The minimum atomic E-state index is -5.32. The van der Waals surface area contributed by atoms with Crippen molar-refractivity contribution in [3.63, 3.8) is 0 Å². The molecule has 0 saturated carbocycles. The van der Waals surface area contributed by atoms with Crippen LogP contribution in [0.1, 0.15) is 0 Å². The summed E-state index contributed by atoms with van der Waals surface area (Å²) in [6.45, 7) is 0. The van der Waals surface area contributed by atoms with Gasteiger partial charge >= 0.3 is 118 Å². The molecule has 0 spiro atoms. The predicted octanol–water partition coefficient (Wildman–Crippen LogP) is -9.11. The van der Waals surface area contributed by atoms with E-state index in [1.807, 2.05) is 0 Å². The van der Waals surface area contributed by atoms with Crippen LogP contribution >= 0.6 is 0 Å². The van der Waals surface area contributed by atoms with Gasteiger partial charge in [-0.3, -0.25) is 9.44 Å². The molecule has 0 aliphatic rings. The molecule has 0 amide bonds. The van der Waals surface area contributed by atoms with E-state index >= 15 is 0 Å². The van der Waals surface area contributed by atoms with E-state index < -0.39 is 80.1 Å². The number of hydrogen-bond acceptors (Lipinski definition) is 16. The summed E-state index contributed by atoms with van der Waals surface area (Å²) < 4.78 is 197. The van der Waals surface area contributed by atoms with Crippen molar-refractivity contribution in [2.24, 2.45) is 0 Å². The predicted molar refractivity (Wildman–Crippen MR) is 193 cm³/mol. The molecule has 0 aromatic heterocycles. The summed E-state index contributed by atoms with van der Waals surface area (Å²) in [7, 11) is -29.6. The van der Waals surface area contributed by atoms with Gasteiger partial charge in [-0.1, -0.05) is 36.4 Å². The first kappa shape index (κ1) is 55.1. The van der Waals surface area contributed by atoms with Gasteiger partial charge < -0.3 is 18.2 Å². The van der Waals surface area contributed by atoms with Crippen molar-refractivity contribution in [3.05, 3.63) is 109 Å². The molecule has 60 heavy (non-hydrogen) atoms. The molecule has 0 bridgehead atoms. The third-order valence-electron chi connectivity index (χ3n) is 8.06. The van der Waals surface area contributed by atoms with Crippen molar-refractivity contribution < 1.29 is 187 Å².